The highest BCUT2D eigenvalue weighted by molar-refractivity contribution is 7.89. The lowest BCUT2D eigenvalue weighted by atomic mass is 9.94. The molecule has 1 heterocycles. The van der Waals surface area contributed by atoms with Gasteiger partial charge in [-0.15, -0.1) is 0 Å². The average Bonchev–Trinajstić information content (AvgIpc) is 2.37. The second-order valence-electron chi connectivity index (χ2n) is 5.49. The van der Waals surface area contributed by atoms with Crippen molar-refractivity contribution in [3.63, 3.8) is 0 Å². The van der Waals surface area contributed by atoms with Crippen LogP contribution in [0.25, 0.3) is 0 Å². The van der Waals surface area contributed by atoms with Crippen molar-refractivity contribution in [1.82, 2.24) is 4.31 Å². The Morgan fingerprint density at radius 3 is 2.30 bits per heavy atom. The molecule has 1 aromatic rings. The van der Waals surface area contributed by atoms with Crippen molar-refractivity contribution in [2.45, 2.75) is 25.2 Å². The van der Waals surface area contributed by atoms with E-state index in [0.717, 1.165) is 6.42 Å². The smallest absolute Gasteiger partial charge is 0.258 e. The summed E-state index contributed by atoms with van der Waals surface area (Å²) in [6.07, 6.45) is 0.975. The molecule has 1 saturated heterocycles. The van der Waals surface area contributed by atoms with Crippen molar-refractivity contribution in [1.29, 1.82) is 0 Å². The van der Waals surface area contributed by atoms with Gasteiger partial charge >= 0.3 is 0 Å². The summed E-state index contributed by atoms with van der Waals surface area (Å²) >= 11 is 0. The Morgan fingerprint density at radius 2 is 1.75 bits per heavy atom. The van der Waals surface area contributed by atoms with Gasteiger partial charge in [-0.25, -0.2) is 8.42 Å². The summed E-state index contributed by atoms with van der Waals surface area (Å²) in [5.41, 5.74) is -0.363. The van der Waals surface area contributed by atoms with Crippen molar-refractivity contribution in [2.75, 3.05) is 13.1 Å². The molecule has 0 spiro atoms. The Kier molecular flexibility index (Phi) is 4.10. The van der Waals surface area contributed by atoms with Crippen LogP contribution >= 0.6 is 0 Å². The number of nitro benzene ring substituents is 1. The molecule has 1 aliphatic rings. The molecule has 1 aliphatic heterocycles. The van der Waals surface area contributed by atoms with Crippen LogP contribution in [-0.4, -0.2) is 30.7 Å². The van der Waals surface area contributed by atoms with Gasteiger partial charge < -0.3 is 0 Å². The lowest BCUT2D eigenvalue weighted by Crippen LogP contribution is -2.42. The molecule has 0 saturated carbocycles. The van der Waals surface area contributed by atoms with Crippen LogP contribution in [0, 0.1) is 22.0 Å². The van der Waals surface area contributed by atoms with Crippen LogP contribution < -0.4 is 0 Å². The number of piperidine rings is 1. The van der Waals surface area contributed by atoms with Gasteiger partial charge in [0.1, 0.15) is 0 Å². The predicted molar refractivity (Wildman–Crippen MR) is 74.8 cm³/mol. The van der Waals surface area contributed by atoms with Gasteiger partial charge in [0, 0.05) is 19.2 Å². The summed E-state index contributed by atoms with van der Waals surface area (Å²) in [5, 5.41) is 11.0. The van der Waals surface area contributed by atoms with E-state index in [2.05, 4.69) is 0 Å². The van der Waals surface area contributed by atoms with Crippen molar-refractivity contribution in [3.8, 4) is 0 Å². The number of para-hydroxylation sites is 1. The summed E-state index contributed by atoms with van der Waals surface area (Å²) in [7, 11) is -3.81. The monoisotopic (exact) mass is 298 g/mol. The average molecular weight is 298 g/mol. The van der Waals surface area contributed by atoms with Gasteiger partial charge in [0.2, 0.25) is 10.0 Å². The minimum Gasteiger partial charge on any atom is -0.258 e. The maximum atomic E-state index is 12.6. The van der Waals surface area contributed by atoms with E-state index in [1.165, 1.54) is 28.6 Å². The number of benzene rings is 1. The van der Waals surface area contributed by atoms with E-state index in [0.29, 0.717) is 13.1 Å². The number of rotatable bonds is 3. The molecule has 0 aromatic heterocycles. The Balaban J connectivity index is 2.43. The largest absolute Gasteiger partial charge is 0.289 e. The second kappa shape index (κ2) is 5.49. The molecule has 0 amide bonds. The molecule has 0 N–H and O–H groups in total. The first-order valence-corrected chi connectivity index (χ1v) is 8.00. The van der Waals surface area contributed by atoms with Crippen molar-refractivity contribution < 1.29 is 13.3 Å². The zero-order valence-corrected chi connectivity index (χ0v) is 12.3. The fraction of sp³-hybridized carbons (Fsp3) is 0.538. The molecule has 7 heteroatoms. The Morgan fingerprint density at radius 1 is 1.20 bits per heavy atom. The van der Waals surface area contributed by atoms with Crippen molar-refractivity contribution in [2.24, 2.45) is 11.8 Å². The maximum absolute atomic E-state index is 12.6. The molecule has 0 unspecified atom stereocenters. The quantitative estimate of drug-likeness (QED) is 0.633. The molecule has 0 bridgehead atoms. The Hall–Kier alpha value is -1.47. The molecular weight excluding hydrogens is 280 g/mol. The van der Waals surface area contributed by atoms with Gasteiger partial charge in [0.15, 0.2) is 4.90 Å². The third-order valence-electron chi connectivity index (χ3n) is 3.52. The lowest BCUT2D eigenvalue weighted by molar-refractivity contribution is -0.387. The van der Waals surface area contributed by atoms with Gasteiger partial charge in [-0.2, -0.15) is 4.31 Å². The number of hydrogen-bond donors (Lipinski definition) is 0. The third-order valence-corrected chi connectivity index (χ3v) is 5.39. The number of hydrogen-bond acceptors (Lipinski definition) is 4. The zero-order chi connectivity index (χ0) is 14.9. The van der Waals surface area contributed by atoms with Crippen LogP contribution in [-0.2, 0) is 10.0 Å². The van der Waals surface area contributed by atoms with E-state index in [4.69, 9.17) is 0 Å². The Bertz CT molecular complexity index is 605. The normalized spacial score (nSPS) is 24.5. The fourth-order valence-electron chi connectivity index (χ4n) is 2.77. The van der Waals surface area contributed by atoms with E-state index in [1.54, 1.807) is 0 Å². The SMILES string of the molecule is C[C@@H]1C[C@@H](C)CN(S(=O)(=O)c2ccccc2[N+](=O)[O-])C1. The first kappa shape index (κ1) is 14.9. The molecule has 20 heavy (non-hydrogen) atoms. The predicted octanol–water partition coefficient (Wildman–Crippen LogP) is 2.26. The maximum Gasteiger partial charge on any atom is 0.289 e. The molecule has 0 aliphatic carbocycles. The number of sulfonamides is 1. The van der Waals surface area contributed by atoms with Crippen LogP contribution in [0.1, 0.15) is 20.3 Å². The fourth-order valence-corrected chi connectivity index (χ4v) is 4.60. The molecule has 0 radical (unpaired) electrons. The lowest BCUT2D eigenvalue weighted by Gasteiger charge is -2.33. The number of nitro groups is 1. The number of nitrogens with zero attached hydrogens (tertiary/aromatic N) is 2. The molecule has 2 atom stereocenters. The first-order valence-electron chi connectivity index (χ1n) is 6.56. The van der Waals surface area contributed by atoms with Gasteiger partial charge in [-0.3, -0.25) is 10.1 Å². The minimum absolute atomic E-state index is 0.216. The minimum atomic E-state index is -3.81. The second-order valence-corrected chi connectivity index (χ2v) is 7.40. The van der Waals surface area contributed by atoms with E-state index in [9.17, 15) is 18.5 Å². The topological polar surface area (TPSA) is 80.5 Å². The highest BCUT2D eigenvalue weighted by atomic mass is 32.2. The molecule has 110 valence electrons. The van der Waals surface area contributed by atoms with E-state index < -0.39 is 14.9 Å². The van der Waals surface area contributed by atoms with Crippen LogP contribution in [0.5, 0.6) is 0 Å². The summed E-state index contributed by atoms with van der Waals surface area (Å²) in [5.74, 6) is 0.521. The van der Waals surface area contributed by atoms with Gasteiger partial charge in [0.05, 0.1) is 4.92 Å². The van der Waals surface area contributed by atoms with Gasteiger partial charge in [0.25, 0.3) is 5.69 Å². The van der Waals surface area contributed by atoms with E-state index in [1.807, 2.05) is 13.8 Å². The molecular formula is C13H18N2O4S. The third kappa shape index (κ3) is 2.83. The Labute approximate surface area is 118 Å². The summed E-state index contributed by atoms with van der Waals surface area (Å²) in [6, 6.07) is 5.51. The summed E-state index contributed by atoms with van der Waals surface area (Å²) < 4.78 is 26.6. The van der Waals surface area contributed by atoms with E-state index >= 15 is 0 Å². The first-order chi connectivity index (χ1) is 9.32. The molecule has 2 rings (SSSR count). The zero-order valence-electron chi connectivity index (χ0n) is 11.5. The van der Waals surface area contributed by atoms with Gasteiger partial charge in [-0.05, 0) is 24.3 Å². The molecule has 6 nitrogen and oxygen atoms in total. The summed E-state index contributed by atoms with van der Waals surface area (Å²) in [4.78, 5) is 10.1. The van der Waals surface area contributed by atoms with Crippen LogP contribution in [0.4, 0.5) is 5.69 Å². The van der Waals surface area contributed by atoms with Crippen LogP contribution in [0.3, 0.4) is 0 Å². The van der Waals surface area contributed by atoms with E-state index in [-0.39, 0.29) is 22.4 Å². The van der Waals surface area contributed by atoms with Gasteiger partial charge in [-0.1, -0.05) is 26.0 Å². The van der Waals surface area contributed by atoms with Crippen LogP contribution in [0.15, 0.2) is 29.2 Å². The standard InChI is InChI=1S/C13H18N2O4S/c1-10-7-11(2)9-14(8-10)20(18,19)13-6-4-3-5-12(13)15(16)17/h3-6,10-11H,7-9H2,1-2H3/t10-,11-/m1/s1. The summed E-state index contributed by atoms with van der Waals surface area (Å²) in [6.45, 7) is 4.83. The van der Waals surface area contributed by atoms with Crippen molar-refractivity contribution in [3.05, 3.63) is 34.4 Å². The molecule has 1 aromatic carbocycles. The highest BCUT2D eigenvalue weighted by Gasteiger charge is 2.35. The van der Waals surface area contributed by atoms with Crippen LogP contribution in [0.2, 0.25) is 0 Å². The molecule has 1 fully saturated rings. The van der Waals surface area contributed by atoms with Crippen molar-refractivity contribution >= 4 is 15.7 Å². The highest BCUT2D eigenvalue weighted by Crippen LogP contribution is 2.30.